The zero-order valence-corrected chi connectivity index (χ0v) is 22.8. The molecule has 42 heavy (non-hydrogen) atoms. The van der Waals surface area contributed by atoms with Crippen LogP contribution in [-0.2, 0) is 28.3 Å². The second kappa shape index (κ2) is 11.3. The van der Waals surface area contributed by atoms with Crippen LogP contribution in [0.3, 0.4) is 0 Å². The number of ether oxygens (including phenoxy) is 1. The highest BCUT2D eigenvalue weighted by molar-refractivity contribution is 6.07. The van der Waals surface area contributed by atoms with Crippen LogP contribution >= 0.6 is 0 Å². The standard InChI is InChI=1S/C31H27F6N3O2/c1-19-5-3-4-6-23(19)29-24-7-10-27(40-11-13-42-14-12-40)38-25(24)8-9-26(29)39(2)28(41)17-20-15-21(30(32,33)34)18-22(16-20)31(35,36)37/h3-10,15-16,18H,11-14,17H2,1-2H3. The Morgan fingerprint density at radius 3 is 2.17 bits per heavy atom. The Morgan fingerprint density at radius 1 is 0.905 bits per heavy atom. The van der Waals surface area contributed by atoms with Gasteiger partial charge in [-0.2, -0.15) is 26.3 Å². The van der Waals surface area contributed by atoms with Crippen LogP contribution in [0.25, 0.3) is 22.0 Å². The lowest BCUT2D eigenvalue weighted by atomic mass is 9.94. The van der Waals surface area contributed by atoms with E-state index in [-0.39, 0.29) is 11.6 Å². The van der Waals surface area contributed by atoms with Crippen LogP contribution in [0.5, 0.6) is 0 Å². The number of likely N-dealkylation sites (N-methyl/N-ethyl adjacent to an activating group) is 1. The van der Waals surface area contributed by atoms with Crippen molar-refractivity contribution in [1.82, 2.24) is 4.98 Å². The van der Waals surface area contributed by atoms with Crippen molar-refractivity contribution in [2.75, 3.05) is 43.2 Å². The molecule has 0 spiro atoms. The molecule has 1 aliphatic heterocycles. The first-order chi connectivity index (χ1) is 19.8. The number of pyridine rings is 1. The number of anilines is 2. The minimum Gasteiger partial charge on any atom is -0.378 e. The molecule has 1 aliphatic rings. The highest BCUT2D eigenvalue weighted by Gasteiger charge is 2.37. The van der Waals surface area contributed by atoms with Crippen LogP contribution in [-0.4, -0.2) is 44.2 Å². The van der Waals surface area contributed by atoms with Crippen molar-refractivity contribution in [2.24, 2.45) is 0 Å². The topological polar surface area (TPSA) is 45.7 Å². The molecule has 0 atom stereocenters. The molecule has 0 aliphatic carbocycles. The van der Waals surface area contributed by atoms with Crippen LogP contribution in [0, 0.1) is 6.92 Å². The van der Waals surface area contributed by atoms with Crippen LogP contribution < -0.4 is 9.80 Å². The maximum atomic E-state index is 13.4. The first kappa shape index (κ1) is 29.4. The SMILES string of the molecule is Cc1ccccc1-c1c(N(C)C(=O)Cc2cc(C(F)(F)F)cc(C(F)(F)F)c2)ccc2nc(N3CCOCC3)ccc12. The number of morpholine rings is 1. The molecule has 11 heteroatoms. The van der Waals surface area contributed by atoms with E-state index in [0.717, 1.165) is 22.3 Å². The highest BCUT2D eigenvalue weighted by atomic mass is 19.4. The summed E-state index contributed by atoms with van der Waals surface area (Å²) >= 11 is 0. The average Bonchev–Trinajstić information content (AvgIpc) is 2.95. The van der Waals surface area contributed by atoms with Gasteiger partial charge in [0.15, 0.2) is 0 Å². The van der Waals surface area contributed by atoms with Crippen molar-refractivity contribution in [3.8, 4) is 11.1 Å². The molecule has 0 unspecified atom stereocenters. The number of benzene rings is 3. The number of hydrogen-bond donors (Lipinski definition) is 0. The number of aryl methyl sites for hydroxylation is 1. The Hall–Kier alpha value is -4.12. The van der Waals surface area contributed by atoms with Gasteiger partial charge in [0, 0.05) is 31.1 Å². The number of aromatic nitrogens is 1. The smallest absolute Gasteiger partial charge is 0.378 e. The zero-order valence-electron chi connectivity index (χ0n) is 22.8. The summed E-state index contributed by atoms with van der Waals surface area (Å²) in [7, 11) is 1.46. The number of rotatable bonds is 5. The van der Waals surface area contributed by atoms with Crippen LogP contribution in [0.2, 0.25) is 0 Å². The molecule has 220 valence electrons. The third-order valence-corrected chi connectivity index (χ3v) is 7.32. The van der Waals surface area contributed by atoms with E-state index in [1.807, 2.05) is 43.3 Å². The lowest BCUT2D eigenvalue weighted by Gasteiger charge is -2.28. The van der Waals surface area contributed by atoms with E-state index in [1.165, 1.54) is 11.9 Å². The number of carbonyl (C=O) groups is 1. The van der Waals surface area contributed by atoms with E-state index in [4.69, 9.17) is 9.72 Å². The summed E-state index contributed by atoms with van der Waals surface area (Å²) in [6, 6.07) is 16.0. The Balaban J connectivity index is 1.56. The zero-order chi connectivity index (χ0) is 30.2. The molecule has 0 N–H and O–H groups in total. The molecular formula is C31H27F6N3O2. The summed E-state index contributed by atoms with van der Waals surface area (Å²) in [5.41, 5.74) is 0.230. The van der Waals surface area contributed by atoms with Gasteiger partial charge in [-0.3, -0.25) is 4.79 Å². The van der Waals surface area contributed by atoms with E-state index < -0.39 is 35.8 Å². The molecular weight excluding hydrogens is 560 g/mol. The van der Waals surface area contributed by atoms with Crippen molar-refractivity contribution >= 4 is 28.3 Å². The van der Waals surface area contributed by atoms with Crippen LogP contribution in [0.4, 0.5) is 37.8 Å². The van der Waals surface area contributed by atoms with Crippen molar-refractivity contribution in [3.63, 3.8) is 0 Å². The summed E-state index contributed by atoms with van der Waals surface area (Å²) in [6.07, 6.45) is -10.7. The average molecular weight is 588 g/mol. The maximum absolute atomic E-state index is 13.4. The lowest BCUT2D eigenvalue weighted by molar-refractivity contribution is -0.143. The van der Waals surface area contributed by atoms with Gasteiger partial charge < -0.3 is 14.5 Å². The first-order valence-corrected chi connectivity index (χ1v) is 13.2. The molecule has 0 bridgehead atoms. The van der Waals surface area contributed by atoms with Crippen molar-refractivity contribution in [1.29, 1.82) is 0 Å². The molecule has 5 rings (SSSR count). The van der Waals surface area contributed by atoms with E-state index in [0.29, 0.717) is 55.2 Å². The van der Waals surface area contributed by atoms with Gasteiger partial charge in [-0.15, -0.1) is 0 Å². The quantitative estimate of drug-likeness (QED) is 0.230. The Morgan fingerprint density at radius 2 is 1.55 bits per heavy atom. The van der Waals surface area contributed by atoms with Crippen LogP contribution in [0.15, 0.2) is 66.7 Å². The molecule has 1 fully saturated rings. The monoisotopic (exact) mass is 587 g/mol. The number of carbonyl (C=O) groups excluding carboxylic acids is 1. The summed E-state index contributed by atoms with van der Waals surface area (Å²) in [4.78, 5) is 21.7. The summed E-state index contributed by atoms with van der Waals surface area (Å²) in [6.45, 7) is 4.50. The number of nitrogens with zero attached hydrogens (tertiary/aromatic N) is 3. The Kier molecular flexibility index (Phi) is 7.89. The lowest BCUT2D eigenvalue weighted by Crippen LogP contribution is -2.36. The summed E-state index contributed by atoms with van der Waals surface area (Å²) in [5.74, 6) is 0.109. The number of halogens is 6. The second-order valence-electron chi connectivity index (χ2n) is 10.2. The molecule has 5 nitrogen and oxygen atoms in total. The second-order valence-corrected chi connectivity index (χ2v) is 10.2. The molecule has 1 amide bonds. The number of alkyl halides is 6. The Labute approximate surface area is 238 Å². The third-order valence-electron chi connectivity index (χ3n) is 7.32. The van der Waals surface area contributed by atoms with Gasteiger partial charge in [0.05, 0.1) is 42.0 Å². The highest BCUT2D eigenvalue weighted by Crippen LogP contribution is 2.40. The molecule has 1 saturated heterocycles. The molecule has 4 aromatic rings. The molecule has 1 aromatic heterocycles. The fourth-order valence-electron chi connectivity index (χ4n) is 5.12. The molecule has 0 radical (unpaired) electrons. The van der Waals surface area contributed by atoms with E-state index in [1.54, 1.807) is 12.1 Å². The van der Waals surface area contributed by atoms with Crippen LogP contribution in [0.1, 0.15) is 22.3 Å². The van der Waals surface area contributed by atoms with Gasteiger partial charge in [0.1, 0.15) is 5.82 Å². The van der Waals surface area contributed by atoms with Gasteiger partial charge in [-0.1, -0.05) is 24.3 Å². The molecule has 3 aromatic carbocycles. The number of fused-ring (bicyclic) bond motifs is 1. The number of amides is 1. The minimum atomic E-state index is -5.01. The van der Waals surface area contributed by atoms with Crippen molar-refractivity contribution in [2.45, 2.75) is 25.7 Å². The molecule has 0 saturated carbocycles. The van der Waals surface area contributed by atoms with Gasteiger partial charge in [0.25, 0.3) is 0 Å². The van der Waals surface area contributed by atoms with Gasteiger partial charge in [-0.05, 0) is 66.1 Å². The predicted molar refractivity (Wildman–Crippen MR) is 149 cm³/mol. The first-order valence-electron chi connectivity index (χ1n) is 13.2. The van der Waals surface area contributed by atoms with E-state index in [9.17, 15) is 31.1 Å². The largest absolute Gasteiger partial charge is 0.416 e. The van der Waals surface area contributed by atoms with Gasteiger partial charge in [-0.25, -0.2) is 4.98 Å². The van der Waals surface area contributed by atoms with E-state index in [2.05, 4.69) is 4.90 Å². The molecule has 2 heterocycles. The minimum absolute atomic E-state index is 0.0511. The number of hydrogen-bond acceptors (Lipinski definition) is 4. The van der Waals surface area contributed by atoms with Gasteiger partial charge >= 0.3 is 12.4 Å². The van der Waals surface area contributed by atoms with Crippen molar-refractivity contribution < 1.29 is 35.9 Å². The van der Waals surface area contributed by atoms with Gasteiger partial charge in [0.2, 0.25) is 5.91 Å². The van der Waals surface area contributed by atoms with E-state index >= 15 is 0 Å². The van der Waals surface area contributed by atoms with Crippen molar-refractivity contribution in [3.05, 3.63) is 89.0 Å². The summed E-state index contributed by atoms with van der Waals surface area (Å²) < 4.78 is 85.8. The maximum Gasteiger partial charge on any atom is 0.416 e. The predicted octanol–water partition coefficient (Wildman–Crippen LogP) is 7.29. The normalized spacial score (nSPS) is 14.3. The fourth-order valence-corrected chi connectivity index (χ4v) is 5.12. The fraction of sp³-hybridized carbons (Fsp3) is 0.290. The third kappa shape index (κ3) is 6.06. The Bertz CT molecular complexity index is 1600. The summed E-state index contributed by atoms with van der Waals surface area (Å²) in [5, 5.41) is 0.747.